The van der Waals surface area contributed by atoms with Gasteiger partial charge in [0.2, 0.25) is 11.6 Å². The molecule has 5 rings (SSSR count). The Morgan fingerprint density at radius 3 is 1.64 bits per heavy atom. The smallest absolute Gasteiger partial charge is 0.314 e. The number of carboxylic acid groups (broad SMARTS) is 1. The van der Waals surface area contributed by atoms with E-state index >= 15 is 0 Å². The van der Waals surface area contributed by atoms with Crippen LogP contribution in [-0.2, 0) is 38.1 Å². The fourth-order valence-electron chi connectivity index (χ4n) is 4.74. The summed E-state index contributed by atoms with van der Waals surface area (Å²) in [5, 5.41) is 25.2. The highest BCUT2D eigenvalue weighted by Crippen LogP contribution is 2.27. The number of rotatable bonds is 16. The molecule has 2 aromatic rings. The number of carboxylic acids is 1. The first kappa shape index (κ1) is 46.6. The van der Waals surface area contributed by atoms with Crippen molar-refractivity contribution in [2.75, 3.05) is 88.7 Å². The van der Waals surface area contributed by atoms with Gasteiger partial charge in [0.25, 0.3) is 11.8 Å². The molecule has 3 aliphatic heterocycles. The van der Waals surface area contributed by atoms with Crippen molar-refractivity contribution < 1.29 is 57.8 Å². The molecule has 20 nitrogen and oxygen atoms in total. The van der Waals surface area contributed by atoms with Crippen molar-refractivity contribution in [2.45, 2.75) is 90.5 Å². The molecule has 3 aliphatic rings. The van der Waals surface area contributed by atoms with E-state index in [0.717, 1.165) is 42.4 Å². The Morgan fingerprint density at radius 2 is 1.21 bits per heavy atom. The maximum absolute atomic E-state index is 11.9. The molecule has 0 unspecified atom stereocenters. The van der Waals surface area contributed by atoms with Gasteiger partial charge in [-0.25, -0.2) is 0 Å². The highest BCUT2D eigenvalue weighted by molar-refractivity contribution is 6.99. The van der Waals surface area contributed by atoms with Crippen LogP contribution in [0.4, 0.5) is 11.6 Å². The lowest BCUT2D eigenvalue weighted by Gasteiger charge is -2.27. The van der Waals surface area contributed by atoms with Gasteiger partial charge in [-0.1, -0.05) is 0 Å². The normalized spacial score (nSPS) is 17.1. The maximum Gasteiger partial charge on any atom is 0.314 e. The van der Waals surface area contributed by atoms with Crippen LogP contribution in [0.25, 0.3) is 0 Å². The number of ether oxygens (including phenoxy) is 6. The third kappa shape index (κ3) is 18.9. The van der Waals surface area contributed by atoms with Gasteiger partial charge in [-0.15, -0.1) is 8.75 Å². The molecule has 2 aromatic heterocycles. The Kier molecular flexibility index (Phi) is 19.5. The van der Waals surface area contributed by atoms with Crippen LogP contribution in [0.3, 0.4) is 0 Å². The lowest BCUT2D eigenvalue weighted by atomic mass is 10.1. The summed E-state index contributed by atoms with van der Waals surface area (Å²) in [6.45, 7) is 18.9. The van der Waals surface area contributed by atoms with Gasteiger partial charge in [-0.3, -0.25) is 19.2 Å². The quantitative estimate of drug-likeness (QED) is 0.137. The summed E-state index contributed by atoms with van der Waals surface area (Å²) in [4.78, 5) is 46.7. The number of nitrogens with one attached hydrogen (secondary N) is 2. The number of carbonyl (C=O) groups excluding carboxylic acids is 3. The zero-order valence-electron chi connectivity index (χ0n) is 32.9. The monoisotopic (exact) mass is 832 g/mol. The first-order valence-electron chi connectivity index (χ1n) is 18.4. The number of nitrogens with zero attached hydrogens (tertiary/aromatic N) is 6. The molecule has 56 heavy (non-hydrogen) atoms. The van der Waals surface area contributed by atoms with E-state index in [0.29, 0.717) is 70.2 Å². The number of hydrogen-bond acceptors (Lipinski definition) is 21. The zero-order chi connectivity index (χ0) is 41.1. The predicted molar refractivity (Wildman–Crippen MR) is 205 cm³/mol. The second-order valence-corrected chi connectivity index (χ2v) is 15.9. The van der Waals surface area contributed by atoms with Crippen LogP contribution in [0.5, 0.6) is 11.8 Å². The molecule has 0 radical (unpaired) electrons. The van der Waals surface area contributed by atoms with Crippen molar-refractivity contribution in [3.63, 3.8) is 0 Å². The Bertz CT molecular complexity index is 1490. The van der Waals surface area contributed by atoms with Gasteiger partial charge in [0.1, 0.15) is 25.4 Å². The summed E-state index contributed by atoms with van der Waals surface area (Å²) in [7, 11) is 0. The van der Waals surface area contributed by atoms with Crippen LogP contribution in [0.2, 0.25) is 0 Å². The van der Waals surface area contributed by atoms with Crippen molar-refractivity contribution in [2.24, 2.45) is 0 Å². The number of cyclic esters (lactones) is 2. The number of carbonyl (C=O) groups is 4. The number of hydrogen-bond donors (Lipinski definition) is 4. The Morgan fingerprint density at radius 1 is 0.750 bits per heavy atom. The van der Waals surface area contributed by atoms with Gasteiger partial charge in [-0.05, 0) is 41.5 Å². The molecule has 0 aromatic carbocycles. The summed E-state index contributed by atoms with van der Waals surface area (Å²) in [5.41, 5.74) is -0.199. The van der Waals surface area contributed by atoms with Gasteiger partial charge in [-0.2, -0.15) is 8.75 Å². The lowest BCUT2D eigenvalue weighted by molar-refractivity contribution is -0.153. The van der Waals surface area contributed by atoms with Crippen molar-refractivity contribution in [1.29, 1.82) is 0 Å². The van der Waals surface area contributed by atoms with Gasteiger partial charge in [0.05, 0.1) is 75.6 Å². The number of aliphatic hydroxyl groups is 1. The molecule has 4 N–H and O–H groups in total. The van der Waals surface area contributed by atoms with E-state index < -0.39 is 36.1 Å². The molecule has 2 atom stereocenters. The molecule has 22 heteroatoms. The number of morpholine rings is 2. The second-order valence-electron chi connectivity index (χ2n) is 14.9. The SMILES string of the molecule is CC(C)(C)NC[C@@H](COc1nsnc1N1CCOCC1)OC(=O)CCC(=O)O.CC(C)(C)NC[C@H](O)COc1nsnc1N1CCOCC1.O=C1CCC(=O)O1. The van der Waals surface area contributed by atoms with E-state index in [1.54, 1.807) is 0 Å². The van der Waals surface area contributed by atoms with Gasteiger partial charge >= 0.3 is 23.9 Å². The Hall–Kier alpha value is -3.80. The van der Waals surface area contributed by atoms with Crippen LogP contribution in [0.1, 0.15) is 67.2 Å². The fourth-order valence-corrected chi connectivity index (χ4v) is 5.78. The first-order chi connectivity index (χ1) is 26.5. The predicted octanol–water partition coefficient (Wildman–Crippen LogP) is 1.27. The van der Waals surface area contributed by atoms with Crippen molar-refractivity contribution in [3.05, 3.63) is 0 Å². The van der Waals surface area contributed by atoms with Crippen LogP contribution < -0.4 is 29.9 Å². The molecule has 0 spiro atoms. The molecule has 316 valence electrons. The minimum atomic E-state index is -1.04. The molecule has 3 saturated heterocycles. The largest absolute Gasteiger partial charge is 0.481 e. The molecule has 0 saturated carbocycles. The van der Waals surface area contributed by atoms with Crippen molar-refractivity contribution >= 4 is 59.0 Å². The summed E-state index contributed by atoms with van der Waals surface area (Å²) in [5.74, 6) is -0.106. The van der Waals surface area contributed by atoms with Crippen molar-refractivity contribution in [3.8, 4) is 11.8 Å². The number of esters is 3. The molecular weight excluding hydrogens is 777 g/mol. The van der Waals surface area contributed by atoms with E-state index in [2.05, 4.69) is 58.5 Å². The summed E-state index contributed by atoms with van der Waals surface area (Å²) in [6, 6.07) is 0. The summed E-state index contributed by atoms with van der Waals surface area (Å²) >= 11 is 2.18. The number of aliphatic hydroxyl groups excluding tert-OH is 1. The molecule has 0 bridgehead atoms. The van der Waals surface area contributed by atoms with Gasteiger partial charge < -0.3 is 59.1 Å². The van der Waals surface area contributed by atoms with Crippen LogP contribution in [0.15, 0.2) is 0 Å². The molecule has 3 fully saturated rings. The van der Waals surface area contributed by atoms with Crippen LogP contribution in [-0.4, -0.2) is 154 Å². The maximum atomic E-state index is 11.9. The lowest BCUT2D eigenvalue weighted by Crippen LogP contribution is -2.44. The number of aliphatic carboxylic acids is 1. The molecule has 5 heterocycles. The standard InChI is InChI=1S/C17H28N4O6S.C13H24N4O3S.C4H4O3/c1-17(2,3)18-10-12(27-14(24)5-4-13(22)23)11-26-16-15(19-28-20-16)21-6-8-25-9-7-21;1-13(2,3)14-8-10(18)9-20-12-11(15-21-16-12)17-4-6-19-7-5-17;5-3-1-2-4(6)7-3/h12,18H,4-11H2,1-3H3,(H,22,23);10,14,18H,4-9H2,1-3H3;1-2H2/t12-;10-;/m00./s1. The van der Waals surface area contributed by atoms with Gasteiger partial charge in [0.15, 0.2) is 0 Å². The third-order valence-electron chi connectivity index (χ3n) is 7.65. The average Bonchev–Trinajstić information content (AvgIpc) is 3.92. The molecule has 0 aliphatic carbocycles. The van der Waals surface area contributed by atoms with E-state index in [-0.39, 0.29) is 50.0 Å². The zero-order valence-corrected chi connectivity index (χ0v) is 34.6. The average molecular weight is 833 g/mol. The minimum absolute atomic E-state index is 0.0257. The Balaban J connectivity index is 0.000000262. The number of anilines is 2. The fraction of sp³-hybridized carbons (Fsp3) is 0.765. The highest BCUT2D eigenvalue weighted by atomic mass is 32.1. The van der Waals surface area contributed by atoms with Crippen LogP contribution >= 0.6 is 23.5 Å². The minimum Gasteiger partial charge on any atom is -0.481 e. The van der Waals surface area contributed by atoms with E-state index in [1.165, 1.54) is 0 Å². The molecule has 0 amide bonds. The highest BCUT2D eigenvalue weighted by Gasteiger charge is 2.25. The van der Waals surface area contributed by atoms with E-state index in [4.69, 9.17) is 28.8 Å². The summed E-state index contributed by atoms with van der Waals surface area (Å²) in [6.07, 6.45) is -1.09. The van der Waals surface area contributed by atoms with Gasteiger partial charge in [0, 0.05) is 50.3 Å². The Labute approximate surface area is 335 Å². The summed E-state index contributed by atoms with van der Waals surface area (Å²) < 4.78 is 48.5. The number of β-amino-alcohol motifs (C(OH)–C–C–N with tert-alkyl or cyclic N) is 1. The van der Waals surface area contributed by atoms with E-state index in [9.17, 15) is 24.3 Å². The number of aromatic nitrogens is 4. The topological polar surface area (TPSA) is 246 Å². The van der Waals surface area contributed by atoms with Crippen LogP contribution in [0, 0.1) is 0 Å². The first-order valence-corrected chi connectivity index (χ1v) is 19.8. The van der Waals surface area contributed by atoms with Crippen molar-refractivity contribution in [1.82, 2.24) is 28.1 Å². The van der Waals surface area contributed by atoms with E-state index in [1.807, 2.05) is 25.7 Å². The second kappa shape index (κ2) is 23.4. The third-order valence-corrected chi connectivity index (χ3v) is 8.66. The molecular formula is C34H56N8O12S2.